The van der Waals surface area contributed by atoms with Crippen LogP contribution in [0.1, 0.15) is 53.4 Å². The molecule has 0 saturated carbocycles. The summed E-state index contributed by atoms with van der Waals surface area (Å²) in [5.74, 6) is 6.08. The number of hydrogen-bond donors (Lipinski definition) is 1. The van der Waals surface area contributed by atoms with E-state index in [-0.39, 0.29) is 18.6 Å². The second-order valence-corrected chi connectivity index (χ2v) is 6.49. The van der Waals surface area contributed by atoms with Crippen LogP contribution in [0.15, 0.2) is 34.7 Å². The zero-order chi connectivity index (χ0) is 17.4. The fraction of sp³-hybridized carbons (Fsp3) is 0.647. The summed E-state index contributed by atoms with van der Waals surface area (Å²) in [5, 5.41) is 1.45. The second kappa shape index (κ2) is 6.59. The van der Waals surface area contributed by atoms with Gasteiger partial charge in [0.25, 0.3) is 0 Å². The van der Waals surface area contributed by atoms with Crippen LogP contribution in [0.5, 0.6) is 0 Å². The van der Waals surface area contributed by atoms with Crippen molar-refractivity contribution < 1.29 is 13.2 Å². The standard InChI is InChI=1S/C17H26F3N3/c1-5-6-7-8-13-9-14(17(18,19)20)10-15-16(13)22(11(2)3)12(4)23(15)21/h8,10-12H,5-7,9,21H2,1-4H3. The Hall–Kier alpha value is -1.43. The molecule has 0 aromatic heterocycles. The lowest BCUT2D eigenvalue weighted by Gasteiger charge is -2.33. The van der Waals surface area contributed by atoms with E-state index in [1.807, 2.05) is 26.8 Å². The largest absolute Gasteiger partial charge is 0.413 e. The van der Waals surface area contributed by atoms with Crippen molar-refractivity contribution in [1.82, 2.24) is 9.91 Å². The van der Waals surface area contributed by atoms with Crippen molar-refractivity contribution in [1.29, 1.82) is 0 Å². The number of allylic oxidation sites excluding steroid dienone is 4. The van der Waals surface area contributed by atoms with Crippen LogP contribution < -0.4 is 5.84 Å². The third kappa shape index (κ3) is 3.42. The third-order valence-corrected chi connectivity index (χ3v) is 4.45. The Morgan fingerprint density at radius 3 is 2.57 bits per heavy atom. The van der Waals surface area contributed by atoms with Crippen LogP contribution in [0.3, 0.4) is 0 Å². The number of unbranched alkanes of at least 4 members (excludes halogenated alkanes) is 2. The molecule has 2 rings (SSSR count). The van der Waals surface area contributed by atoms with Gasteiger partial charge < -0.3 is 4.90 Å². The maximum absolute atomic E-state index is 13.2. The summed E-state index contributed by atoms with van der Waals surface area (Å²) in [6.45, 7) is 8.06. The van der Waals surface area contributed by atoms with Gasteiger partial charge in [0.05, 0.1) is 11.4 Å². The van der Waals surface area contributed by atoms with Gasteiger partial charge in [-0.15, -0.1) is 0 Å². The van der Waals surface area contributed by atoms with E-state index in [1.54, 1.807) is 0 Å². The Bertz CT molecular complexity index is 544. The fourth-order valence-electron chi connectivity index (χ4n) is 3.28. The van der Waals surface area contributed by atoms with Crippen molar-refractivity contribution in [2.45, 2.75) is 71.8 Å². The van der Waals surface area contributed by atoms with Crippen LogP contribution in [0.4, 0.5) is 13.2 Å². The van der Waals surface area contributed by atoms with Gasteiger partial charge in [0.1, 0.15) is 6.17 Å². The molecule has 1 aliphatic heterocycles. The predicted octanol–water partition coefficient (Wildman–Crippen LogP) is 4.45. The summed E-state index contributed by atoms with van der Waals surface area (Å²) in [4.78, 5) is 2.11. The topological polar surface area (TPSA) is 32.5 Å². The van der Waals surface area contributed by atoms with Crippen molar-refractivity contribution in [3.05, 3.63) is 34.7 Å². The molecule has 0 aromatic rings. The monoisotopic (exact) mass is 329 g/mol. The van der Waals surface area contributed by atoms with Gasteiger partial charge in [-0.05, 0) is 38.8 Å². The summed E-state index contributed by atoms with van der Waals surface area (Å²) < 4.78 is 39.7. The molecule has 130 valence electrons. The van der Waals surface area contributed by atoms with Crippen LogP contribution in [0, 0.1) is 0 Å². The molecule has 0 saturated heterocycles. The quantitative estimate of drug-likeness (QED) is 0.611. The van der Waals surface area contributed by atoms with Crippen molar-refractivity contribution in [2.24, 2.45) is 5.84 Å². The molecule has 0 aromatic carbocycles. The van der Waals surface area contributed by atoms with Crippen molar-refractivity contribution >= 4 is 0 Å². The average molecular weight is 329 g/mol. The molecular formula is C17H26F3N3. The van der Waals surface area contributed by atoms with Gasteiger partial charge in [-0.3, -0.25) is 5.01 Å². The van der Waals surface area contributed by atoms with E-state index in [9.17, 15) is 13.2 Å². The van der Waals surface area contributed by atoms with E-state index in [0.29, 0.717) is 5.70 Å². The summed E-state index contributed by atoms with van der Waals surface area (Å²) >= 11 is 0. The molecule has 0 radical (unpaired) electrons. The Kier molecular flexibility index (Phi) is 5.14. The van der Waals surface area contributed by atoms with Crippen LogP contribution in [0.25, 0.3) is 0 Å². The van der Waals surface area contributed by atoms with Gasteiger partial charge in [-0.25, -0.2) is 5.84 Å². The number of hydrazine groups is 1. The lowest BCUT2D eigenvalue weighted by molar-refractivity contribution is -0.0934. The van der Waals surface area contributed by atoms with Crippen molar-refractivity contribution in [2.75, 3.05) is 0 Å². The Morgan fingerprint density at radius 1 is 1.39 bits per heavy atom. The van der Waals surface area contributed by atoms with E-state index < -0.39 is 11.7 Å². The number of hydrogen-bond acceptors (Lipinski definition) is 3. The zero-order valence-electron chi connectivity index (χ0n) is 14.2. The minimum Gasteiger partial charge on any atom is -0.346 e. The Morgan fingerprint density at radius 2 is 2.04 bits per heavy atom. The Labute approximate surface area is 136 Å². The summed E-state index contributed by atoms with van der Waals surface area (Å²) in [5.41, 5.74) is 1.57. The molecule has 1 aliphatic carbocycles. The van der Waals surface area contributed by atoms with E-state index in [2.05, 4.69) is 11.8 Å². The maximum atomic E-state index is 13.2. The molecule has 1 heterocycles. The average Bonchev–Trinajstić information content (AvgIpc) is 2.71. The van der Waals surface area contributed by atoms with E-state index in [0.717, 1.165) is 30.5 Å². The number of nitrogens with two attached hydrogens (primary N) is 1. The third-order valence-electron chi connectivity index (χ3n) is 4.45. The van der Waals surface area contributed by atoms with E-state index in [1.165, 1.54) is 11.1 Å². The second-order valence-electron chi connectivity index (χ2n) is 6.49. The fourth-order valence-corrected chi connectivity index (χ4v) is 3.28. The molecular weight excluding hydrogens is 303 g/mol. The minimum atomic E-state index is -4.32. The number of alkyl halides is 3. The molecule has 23 heavy (non-hydrogen) atoms. The molecule has 0 amide bonds. The predicted molar refractivity (Wildman–Crippen MR) is 85.9 cm³/mol. The van der Waals surface area contributed by atoms with E-state index >= 15 is 0 Å². The molecule has 1 atom stereocenters. The first-order valence-corrected chi connectivity index (χ1v) is 8.22. The first-order valence-electron chi connectivity index (χ1n) is 8.22. The Balaban J connectivity index is 2.50. The van der Waals surface area contributed by atoms with Crippen LogP contribution in [0.2, 0.25) is 0 Å². The lowest BCUT2D eigenvalue weighted by Crippen LogP contribution is -2.44. The normalized spacial score (nSPS) is 24.0. The first kappa shape index (κ1) is 17.9. The van der Waals surface area contributed by atoms with Crippen molar-refractivity contribution in [3.63, 3.8) is 0 Å². The number of rotatable bonds is 4. The van der Waals surface area contributed by atoms with Crippen molar-refractivity contribution in [3.8, 4) is 0 Å². The summed E-state index contributed by atoms with van der Waals surface area (Å²) in [6.07, 6.45) is 1.40. The molecule has 0 bridgehead atoms. The van der Waals surface area contributed by atoms with Gasteiger partial charge in [0.15, 0.2) is 0 Å². The van der Waals surface area contributed by atoms with Crippen LogP contribution in [-0.2, 0) is 0 Å². The highest BCUT2D eigenvalue weighted by molar-refractivity contribution is 5.50. The first-order chi connectivity index (χ1) is 10.7. The smallest absolute Gasteiger partial charge is 0.346 e. The lowest BCUT2D eigenvalue weighted by atomic mass is 9.92. The molecule has 0 fully saturated rings. The molecule has 2 aliphatic rings. The molecule has 0 spiro atoms. The highest BCUT2D eigenvalue weighted by atomic mass is 19.4. The maximum Gasteiger partial charge on any atom is 0.413 e. The molecule has 1 unspecified atom stereocenters. The highest BCUT2D eigenvalue weighted by Gasteiger charge is 2.43. The highest BCUT2D eigenvalue weighted by Crippen LogP contribution is 2.44. The van der Waals surface area contributed by atoms with Gasteiger partial charge in [-0.1, -0.05) is 25.8 Å². The summed E-state index contributed by atoms with van der Waals surface area (Å²) in [6, 6.07) is 0.166. The van der Waals surface area contributed by atoms with Crippen LogP contribution >= 0.6 is 0 Å². The zero-order valence-corrected chi connectivity index (χ0v) is 14.2. The summed E-state index contributed by atoms with van der Waals surface area (Å²) in [7, 11) is 0. The molecule has 3 nitrogen and oxygen atoms in total. The van der Waals surface area contributed by atoms with E-state index in [4.69, 9.17) is 5.84 Å². The van der Waals surface area contributed by atoms with Gasteiger partial charge in [0, 0.05) is 18.0 Å². The van der Waals surface area contributed by atoms with Gasteiger partial charge in [0.2, 0.25) is 0 Å². The minimum absolute atomic E-state index is 0.0736. The number of nitrogens with zero attached hydrogens (tertiary/aromatic N) is 2. The molecule has 6 heteroatoms. The SMILES string of the molecule is CCCCC=C1CC(C(F)(F)F)=CC2=C1N(C(C)C)C(C)N2N. The number of halogens is 3. The van der Waals surface area contributed by atoms with Crippen LogP contribution in [-0.4, -0.2) is 28.3 Å². The molecule has 2 N–H and O–H groups in total. The van der Waals surface area contributed by atoms with Gasteiger partial charge in [-0.2, -0.15) is 13.2 Å². The van der Waals surface area contributed by atoms with Gasteiger partial charge >= 0.3 is 6.18 Å².